The second-order valence-electron chi connectivity index (χ2n) is 14.2. The van der Waals surface area contributed by atoms with Crippen molar-refractivity contribution in [1.82, 2.24) is 0 Å². The van der Waals surface area contributed by atoms with Gasteiger partial charge in [-0.2, -0.15) is 0 Å². The molecule has 5 nitrogen and oxygen atoms in total. The van der Waals surface area contributed by atoms with Gasteiger partial charge in [-0.3, -0.25) is 4.79 Å². The summed E-state index contributed by atoms with van der Waals surface area (Å²) in [6, 6.07) is 0. The second kappa shape index (κ2) is 7.14. The Morgan fingerprint density at radius 2 is 1.69 bits per heavy atom. The third-order valence-electron chi connectivity index (χ3n) is 13.7. The molecule has 0 amide bonds. The van der Waals surface area contributed by atoms with Crippen LogP contribution in [0, 0.1) is 50.7 Å². The Labute approximate surface area is 210 Å². The fourth-order valence-electron chi connectivity index (χ4n) is 11.5. The van der Waals surface area contributed by atoms with Crippen molar-refractivity contribution in [1.29, 1.82) is 0 Å². The summed E-state index contributed by atoms with van der Waals surface area (Å²) < 4.78 is 5.90. The van der Waals surface area contributed by atoms with Gasteiger partial charge in [0.25, 0.3) is 0 Å². The molecule has 6 aliphatic rings. The first kappa shape index (κ1) is 24.0. The summed E-state index contributed by atoms with van der Waals surface area (Å²) in [5.41, 5.74) is 0.535. The SMILES string of the molecule is CC1=CC[C@@H]([C@@H](C)[C@H]2CC[C@@]3(C)[C@@H]4CC[C@H]5[C@](C)(C(=O)O)[C@@H](O)CC[C@@]56C[C@@]46CC[C@]23C)OC1=O. The van der Waals surface area contributed by atoms with Crippen LogP contribution in [0.4, 0.5) is 0 Å². The Hall–Kier alpha value is -1.36. The number of rotatable bonds is 3. The van der Waals surface area contributed by atoms with Gasteiger partial charge in [0.1, 0.15) is 6.10 Å². The zero-order valence-corrected chi connectivity index (χ0v) is 22.2. The van der Waals surface area contributed by atoms with E-state index in [0.29, 0.717) is 24.2 Å². The molecule has 0 saturated heterocycles. The lowest BCUT2D eigenvalue weighted by Gasteiger charge is -2.63. The van der Waals surface area contributed by atoms with Crippen LogP contribution < -0.4 is 0 Å². The van der Waals surface area contributed by atoms with Crippen molar-refractivity contribution in [2.45, 2.75) is 111 Å². The molecule has 6 rings (SSSR count). The minimum atomic E-state index is -1.02. The molecule has 1 aliphatic heterocycles. The topological polar surface area (TPSA) is 83.8 Å². The quantitative estimate of drug-likeness (QED) is 0.499. The lowest BCUT2D eigenvalue weighted by atomic mass is 9.41. The van der Waals surface area contributed by atoms with E-state index in [2.05, 4.69) is 26.8 Å². The van der Waals surface area contributed by atoms with E-state index in [-0.39, 0.29) is 39.7 Å². The number of aliphatic hydroxyl groups excluding tert-OH is 1. The lowest BCUT2D eigenvalue weighted by Crippen LogP contribution is -2.60. The smallest absolute Gasteiger partial charge is 0.333 e. The number of ether oxygens (including phenoxy) is 1. The number of hydrogen-bond donors (Lipinski definition) is 2. The Morgan fingerprint density at radius 3 is 2.37 bits per heavy atom. The number of aliphatic carboxylic acids is 1. The summed E-state index contributed by atoms with van der Waals surface area (Å²) in [5.74, 6) is 0.649. The van der Waals surface area contributed by atoms with Crippen molar-refractivity contribution < 1.29 is 24.5 Å². The molecule has 5 saturated carbocycles. The van der Waals surface area contributed by atoms with Crippen LogP contribution >= 0.6 is 0 Å². The van der Waals surface area contributed by atoms with E-state index in [1.54, 1.807) is 0 Å². The number of carbonyl (C=O) groups excluding carboxylic acids is 1. The Balaban J connectivity index is 1.30. The van der Waals surface area contributed by atoms with Gasteiger partial charge in [0.05, 0.1) is 11.5 Å². The third-order valence-corrected chi connectivity index (χ3v) is 13.7. The van der Waals surface area contributed by atoms with Crippen molar-refractivity contribution in [3.63, 3.8) is 0 Å². The highest BCUT2D eigenvalue weighted by Gasteiger charge is 2.83. The number of hydrogen-bond acceptors (Lipinski definition) is 4. The van der Waals surface area contributed by atoms with Gasteiger partial charge in [0.2, 0.25) is 0 Å². The normalized spacial score (nSPS) is 55.4. The summed E-state index contributed by atoms with van der Waals surface area (Å²) >= 11 is 0. The molecule has 2 spiro atoms. The molecule has 0 radical (unpaired) electrons. The molecule has 2 N–H and O–H groups in total. The molecule has 5 heteroatoms. The van der Waals surface area contributed by atoms with Gasteiger partial charge in [-0.05, 0) is 117 Å². The predicted molar refractivity (Wildman–Crippen MR) is 132 cm³/mol. The molecule has 0 unspecified atom stereocenters. The van der Waals surface area contributed by atoms with Crippen LogP contribution in [0.25, 0.3) is 0 Å². The van der Waals surface area contributed by atoms with Gasteiger partial charge < -0.3 is 14.9 Å². The maximum Gasteiger partial charge on any atom is 0.333 e. The number of carboxylic acid groups (broad SMARTS) is 1. The standard InChI is InChI=1S/C30H44O5/c1-17-6-7-20(35-24(17)32)18(2)19-10-12-27(4)21-8-9-22-28(5,25(33)34)23(31)11-13-29(22)16-30(21,29)15-14-26(19,27)3/h6,18-23,31H,7-16H2,1-5H3,(H,33,34)/t18-,19+,20-,21-,22-,23-,26+,27-,28-,29+,30-/m0/s1. The Bertz CT molecular complexity index is 1000. The van der Waals surface area contributed by atoms with Gasteiger partial charge in [0, 0.05) is 12.0 Å². The lowest BCUT2D eigenvalue weighted by molar-refractivity contribution is -0.190. The summed E-state index contributed by atoms with van der Waals surface area (Å²) in [6.45, 7) is 11.1. The molecule has 5 aliphatic carbocycles. The van der Waals surface area contributed by atoms with Gasteiger partial charge in [0.15, 0.2) is 0 Å². The average molecular weight is 485 g/mol. The number of cyclic esters (lactones) is 1. The molecule has 0 aromatic carbocycles. The van der Waals surface area contributed by atoms with Crippen LogP contribution in [0.2, 0.25) is 0 Å². The first-order valence-corrected chi connectivity index (χ1v) is 14.2. The van der Waals surface area contributed by atoms with Crippen LogP contribution in [0.15, 0.2) is 11.6 Å². The monoisotopic (exact) mass is 484 g/mol. The first-order chi connectivity index (χ1) is 16.4. The molecule has 0 aromatic heterocycles. The minimum Gasteiger partial charge on any atom is -0.481 e. The fraction of sp³-hybridized carbons (Fsp3) is 0.867. The fourth-order valence-corrected chi connectivity index (χ4v) is 11.5. The highest BCUT2D eigenvalue weighted by molar-refractivity contribution is 5.88. The largest absolute Gasteiger partial charge is 0.481 e. The van der Waals surface area contributed by atoms with Gasteiger partial charge in [-0.1, -0.05) is 26.8 Å². The Morgan fingerprint density at radius 1 is 1.00 bits per heavy atom. The van der Waals surface area contributed by atoms with E-state index in [1.807, 2.05) is 13.8 Å². The molecule has 11 atom stereocenters. The molecule has 5 fully saturated rings. The van der Waals surface area contributed by atoms with Crippen LogP contribution in [0.5, 0.6) is 0 Å². The number of carbonyl (C=O) groups is 2. The highest BCUT2D eigenvalue weighted by Crippen LogP contribution is 2.89. The van der Waals surface area contributed by atoms with E-state index in [4.69, 9.17) is 4.74 Å². The Kier molecular flexibility index (Phi) is 4.90. The molecule has 194 valence electrons. The maximum absolute atomic E-state index is 12.5. The molecular weight excluding hydrogens is 440 g/mol. The average Bonchev–Trinajstić information content (AvgIpc) is 3.40. The predicted octanol–water partition coefficient (Wildman–Crippen LogP) is 5.75. The van der Waals surface area contributed by atoms with Crippen molar-refractivity contribution in [2.24, 2.45) is 50.7 Å². The van der Waals surface area contributed by atoms with Crippen LogP contribution in [-0.4, -0.2) is 34.4 Å². The number of aliphatic hydroxyl groups is 1. The van der Waals surface area contributed by atoms with Gasteiger partial charge in [-0.15, -0.1) is 0 Å². The van der Waals surface area contributed by atoms with E-state index in [1.165, 1.54) is 32.1 Å². The number of carboxylic acids is 1. The van der Waals surface area contributed by atoms with E-state index in [0.717, 1.165) is 31.3 Å². The number of esters is 1. The molecule has 1 heterocycles. The van der Waals surface area contributed by atoms with Crippen molar-refractivity contribution in [2.75, 3.05) is 0 Å². The summed E-state index contributed by atoms with van der Waals surface area (Å²) in [6.07, 6.45) is 11.7. The third kappa shape index (κ3) is 2.64. The van der Waals surface area contributed by atoms with E-state index >= 15 is 0 Å². The highest BCUT2D eigenvalue weighted by atomic mass is 16.5. The van der Waals surface area contributed by atoms with Crippen molar-refractivity contribution in [3.05, 3.63) is 11.6 Å². The molecular formula is C30H44O5. The summed E-state index contributed by atoms with van der Waals surface area (Å²) in [5, 5.41) is 21.1. The number of fused-ring (bicyclic) bond motifs is 2. The second-order valence-corrected chi connectivity index (χ2v) is 14.2. The van der Waals surface area contributed by atoms with E-state index < -0.39 is 17.5 Å². The molecule has 0 bridgehead atoms. The van der Waals surface area contributed by atoms with Crippen molar-refractivity contribution >= 4 is 11.9 Å². The molecule has 0 aromatic rings. The summed E-state index contributed by atoms with van der Waals surface area (Å²) in [4.78, 5) is 24.8. The minimum absolute atomic E-state index is 0.0228. The zero-order chi connectivity index (χ0) is 25.2. The molecule has 35 heavy (non-hydrogen) atoms. The van der Waals surface area contributed by atoms with Crippen LogP contribution in [0.3, 0.4) is 0 Å². The van der Waals surface area contributed by atoms with Crippen molar-refractivity contribution in [3.8, 4) is 0 Å². The zero-order valence-electron chi connectivity index (χ0n) is 22.2. The maximum atomic E-state index is 12.5. The van der Waals surface area contributed by atoms with Gasteiger partial charge >= 0.3 is 11.9 Å². The summed E-state index contributed by atoms with van der Waals surface area (Å²) in [7, 11) is 0. The van der Waals surface area contributed by atoms with Crippen LogP contribution in [-0.2, 0) is 14.3 Å². The van der Waals surface area contributed by atoms with E-state index in [9.17, 15) is 19.8 Å². The first-order valence-electron chi connectivity index (χ1n) is 14.2. The van der Waals surface area contributed by atoms with Gasteiger partial charge in [-0.25, -0.2) is 4.79 Å². The van der Waals surface area contributed by atoms with Crippen LogP contribution in [0.1, 0.15) is 98.8 Å².